The van der Waals surface area contributed by atoms with Crippen LogP contribution in [0, 0.1) is 0 Å². The Morgan fingerprint density at radius 1 is 1.26 bits per heavy atom. The highest BCUT2D eigenvalue weighted by Crippen LogP contribution is 2.34. The molecule has 1 amide bonds. The Hall–Kier alpha value is -3.13. The van der Waals surface area contributed by atoms with Gasteiger partial charge in [-0.1, -0.05) is 32.9 Å². The highest BCUT2D eigenvalue weighted by atomic mass is 32.1. The van der Waals surface area contributed by atoms with Gasteiger partial charge in [0.05, 0.1) is 29.0 Å². The standard InChI is InChI=1S/C23H24N6OS/c1-23(2,3)18-11-31-22(28-18)21(30)27-17-6-4-5-13-9-14(7-8-15(13)17)19-16-10-26-29-20(16)25-12-24-19/h7-12,17H,4-6H2,1-3H3,(H,27,30)(H,24,25,26,29)/t17-/m1/s1. The lowest BCUT2D eigenvalue weighted by molar-refractivity contribution is 0.0932. The van der Waals surface area contributed by atoms with E-state index in [1.807, 2.05) is 5.38 Å². The molecule has 158 valence electrons. The zero-order valence-electron chi connectivity index (χ0n) is 17.8. The average molecular weight is 433 g/mol. The molecule has 7 nitrogen and oxygen atoms in total. The molecule has 31 heavy (non-hydrogen) atoms. The van der Waals surface area contributed by atoms with Gasteiger partial charge >= 0.3 is 0 Å². The lowest BCUT2D eigenvalue weighted by Crippen LogP contribution is -2.31. The smallest absolute Gasteiger partial charge is 0.280 e. The Bertz CT molecular complexity index is 1270. The largest absolute Gasteiger partial charge is 0.343 e. The molecule has 1 aliphatic rings. The number of rotatable bonds is 3. The average Bonchev–Trinajstić information content (AvgIpc) is 3.43. The molecule has 3 heterocycles. The van der Waals surface area contributed by atoms with E-state index < -0.39 is 0 Å². The molecule has 1 aliphatic carbocycles. The van der Waals surface area contributed by atoms with Gasteiger partial charge in [-0.3, -0.25) is 9.89 Å². The number of fused-ring (bicyclic) bond motifs is 2. The van der Waals surface area contributed by atoms with Crippen LogP contribution >= 0.6 is 11.3 Å². The van der Waals surface area contributed by atoms with Gasteiger partial charge in [-0.2, -0.15) is 5.10 Å². The number of aromatic nitrogens is 5. The summed E-state index contributed by atoms with van der Waals surface area (Å²) in [6.07, 6.45) is 6.25. The SMILES string of the molecule is CC(C)(C)c1csc(C(=O)N[C@@H]2CCCc3cc(-c4ncnc5[nH]ncc45)ccc32)n1. The fourth-order valence-corrected chi connectivity index (χ4v) is 5.00. The lowest BCUT2D eigenvalue weighted by atomic mass is 9.86. The summed E-state index contributed by atoms with van der Waals surface area (Å²) in [6, 6.07) is 6.36. The van der Waals surface area contributed by atoms with Gasteiger partial charge in [0.1, 0.15) is 6.33 Å². The summed E-state index contributed by atoms with van der Waals surface area (Å²) in [6.45, 7) is 6.31. The molecule has 0 bridgehead atoms. The number of carbonyl (C=O) groups excluding carboxylic acids is 1. The lowest BCUT2D eigenvalue weighted by Gasteiger charge is -2.26. The van der Waals surface area contributed by atoms with Gasteiger partial charge in [0.25, 0.3) is 5.91 Å². The molecule has 8 heteroatoms. The normalized spacial score (nSPS) is 16.3. The fraction of sp³-hybridized carbons (Fsp3) is 0.348. The Balaban J connectivity index is 1.41. The van der Waals surface area contributed by atoms with Crippen LogP contribution in [0.15, 0.2) is 36.1 Å². The highest BCUT2D eigenvalue weighted by Gasteiger charge is 2.25. The van der Waals surface area contributed by atoms with Crippen molar-refractivity contribution in [3.63, 3.8) is 0 Å². The zero-order chi connectivity index (χ0) is 21.6. The molecule has 3 aromatic heterocycles. The topological polar surface area (TPSA) is 96.5 Å². The second-order valence-corrected chi connectivity index (χ2v) is 9.83. The number of benzene rings is 1. The predicted octanol–water partition coefficient (Wildman–Crippen LogP) is 4.58. The first-order valence-electron chi connectivity index (χ1n) is 10.4. The first-order valence-corrected chi connectivity index (χ1v) is 11.3. The number of H-pyrrole nitrogens is 1. The number of nitrogens with one attached hydrogen (secondary N) is 2. The maximum Gasteiger partial charge on any atom is 0.280 e. The first-order chi connectivity index (χ1) is 14.9. The Kier molecular flexibility index (Phi) is 4.81. The maximum atomic E-state index is 12.9. The summed E-state index contributed by atoms with van der Waals surface area (Å²) >= 11 is 1.41. The van der Waals surface area contributed by atoms with Crippen LogP contribution in [-0.2, 0) is 11.8 Å². The van der Waals surface area contributed by atoms with E-state index in [-0.39, 0.29) is 17.4 Å². The number of thiazole rings is 1. The minimum atomic E-state index is -0.0988. The summed E-state index contributed by atoms with van der Waals surface area (Å²) in [5, 5.41) is 13.6. The van der Waals surface area contributed by atoms with Crippen LogP contribution in [0.1, 0.15) is 66.3 Å². The van der Waals surface area contributed by atoms with Gasteiger partial charge in [-0.15, -0.1) is 11.3 Å². The number of nitrogens with zero attached hydrogens (tertiary/aromatic N) is 4. The molecular weight excluding hydrogens is 408 g/mol. The van der Waals surface area contributed by atoms with Crippen molar-refractivity contribution in [2.75, 3.05) is 0 Å². The summed E-state index contributed by atoms with van der Waals surface area (Å²) in [7, 11) is 0. The van der Waals surface area contributed by atoms with E-state index in [0.29, 0.717) is 5.01 Å². The van der Waals surface area contributed by atoms with Crippen LogP contribution in [0.4, 0.5) is 0 Å². The van der Waals surface area contributed by atoms with E-state index in [0.717, 1.165) is 47.2 Å². The molecule has 0 radical (unpaired) electrons. The van der Waals surface area contributed by atoms with Crippen LogP contribution in [0.25, 0.3) is 22.3 Å². The maximum absolute atomic E-state index is 12.9. The van der Waals surface area contributed by atoms with Gasteiger partial charge in [0.15, 0.2) is 10.7 Å². The van der Waals surface area contributed by atoms with Gasteiger partial charge in [-0.05, 0) is 36.5 Å². The van der Waals surface area contributed by atoms with E-state index in [1.165, 1.54) is 22.5 Å². The van der Waals surface area contributed by atoms with Gasteiger partial charge in [0.2, 0.25) is 0 Å². The molecular formula is C23H24N6OS. The van der Waals surface area contributed by atoms with E-state index in [1.54, 1.807) is 12.5 Å². The third kappa shape index (κ3) is 3.72. The van der Waals surface area contributed by atoms with Crippen molar-refractivity contribution in [3.05, 3.63) is 57.9 Å². The Morgan fingerprint density at radius 2 is 2.13 bits per heavy atom. The number of hydrogen-bond acceptors (Lipinski definition) is 6. The zero-order valence-corrected chi connectivity index (χ0v) is 18.6. The van der Waals surface area contributed by atoms with Crippen molar-refractivity contribution in [1.82, 2.24) is 30.5 Å². The molecule has 4 aromatic rings. The molecule has 0 unspecified atom stereocenters. The second kappa shape index (κ2) is 7.53. The minimum absolute atomic E-state index is 0.00775. The van der Waals surface area contributed by atoms with Crippen LogP contribution in [-0.4, -0.2) is 31.1 Å². The molecule has 5 rings (SSSR count). The Labute approximate surface area is 184 Å². The van der Waals surface area contributed by atoms with Crippen molar-refractivity contribution in [2.24, 2.45) is 0 Å². The summed E-state index contributed by atoms with van der Waals surface area (Å²) in [5.74, 6) is -0.0988. The fourth-order valence-electron chi connectivity index (χ4n) is 4.05. The molecule has 0 saturated carbocycles. The summed E-state index contributed by atoms with van der Waals surface area (Å²) in [4.78, 5) is 26.1. The van der Waals surface area contributed by atoms with E-state index in [4.69, 9.17) is 0 Å². The van der Waals surface area contributed by atoms with Crippen molar-refractivity contribution in [1.29, 1.82) is 0 Å². The molecule has 1 aromatic carbocycles. The van der Waals surface area contributed by atoms with Crippen LogP contribution in [0.5, 0.6) is 0 Å². The predicted molar refractivity (Wildman–Crippen MR) is 121 cm³/mol. The monoisotopic (exact) mass is 432 g/mol. The quantitative estimate of drug-likeness (QED) is 0.494. The molecule has 0 fully saturated rings. The van der Waals surface area contributed by atoms with Crippen molar-refractivity contribution in [2.45, 2.75) is 51.5 Å². The molecule has 0 spiro atoms. The summed E-state index contributed by atoms with van der Waals surface area (Å²) < 4.78 is 0. The minimum Gasteiger partial charge on any atom is -0.343 e. The van der Waals surface area contributed by atoms with E-state index in [9.17, 15) is 4.79 Å². The Morgan fingerprint density at radius 3 is 2.94 bits per heavy atom. The molecule has 0 aliphatic heterocycles. The highest BCUT2D eigenvalue weighted by molar-refractivity contribution is 7.11. The van der Waals surface area contributed by atoms with Crippen LogP contribution < -0.4 is 5.32 Å². The van der Waals surface area contributed by atoms with Crippen molar-refractivity contribution >= 4 is 28.3 Å². The van der Waals surface area contributed by atoms with Crippen molar-refractivity contribution < 1.29 is 4.79 Å². The van der Waals surface area contributed by atoms with Crippen LogP contribution in [0.2, 0.25) is 0 Å². The van der Waals surface area contributed by atoms with E-state index in [2.05, 4.69) is 69.4 Å². The third-order valence-electron chi connectivity index (χ3n) is 5.75. The van der Waals surface area contributed by atoms with Gasteiger partial charge < -0.3 is 5.32 Å². The molecule has 2 N–H and O–H groups in total. The number of aromatic amines is 1. The number of carbonyl (C=O) groups is 1. The van der Waals surface area contributed by atoms with Gasteiger partial charge in [-0.25, -0.2) is 15.0 Å². The van der Waals surface area contributed by atoms with Crippen LogP contribution in [0.3, 0.4) is 0 Å². The number of hydrogen-bond donors (Lipinski definition) is 2. The number of aryl methyl sites for hydroxylation is 1. The van der Waals surface area contributed by atoms with E-state index >= 15 is 0 Å². The summed E-state index contributed by atoms with van der Waals surface area (Å²) in [5.41, 5.74) is 5.94. The van der Waals surface area contributed by atoms with Crippen molar-refractivity contribution in [3.8, 4) is 11.3 Å². The third-order valence-corrected chi connectivity index (χ3v) is 6.59. The van der Waals surface area contributed by atoms with Gasteiger partial charge in [0, 0.05) is 16.4 Å². The molecule has 1 atom stereocenters. The second-order valence-electron chi connectivity index (χ2n) is 8.97. The first kappa shape index (κ1) is 19.8. The molecule has 0 saturated heterocycles. The number of amides is 1.